The first-order chi connectivity index (χ1) is 17.7. The largest absolute Gasteiger partial charge is 0.472 e. The molecular weight excluding hydrogens is 496 g/mol. The molecule has 0 N–H and O–H groups in total. The van der Waals surface area contributed by atoms with Gasteiger partial charge in [0.1, 0.15) is 11.4 Å². The molecular formula is C24H20F4N6O3. The van der Waals surface area contributed by atoms with E-state index in [1.807, 2.05) is 24.4 Å². The Kier molecular flexibility index (Phi) is 7.60. The van der Waals surface area contributed by atoms with Crippen LogP contribution in [0.15, 0.2) is 70.7 Å². The van der Waals surface area contributed by atoms with Gasteiger partial charge in [-0.1, -0.05) is 0 Å². The molecule has 0 radical (unpaired) electrons. The fourth-order valence-electron chi connectivity index (χ4n) is 3.46. The molecule has 1 aromatic carbocycles. The molecule has 1 aliphatic heterocycles. The van der Waals surface area contributed by atoms with Gasteiger partial charge < -0.3 is 9.47 Å². The van der Waals surface area contributed by atoms with Gasteiger partial charge in [0, 0.05) is 49.6 Å². The number of alkyl halides is 4. The predicted octanol–water partition coefficient (Wildman–Crippen LogP) is 4.22. The molecule has 0 aliphatic carbocycles. The monoisotopic (exact) mass is 516 g/mol. The molecule has 2 aromatic heterocycles. The maximum atomic E-state index is 12.7. The second-order valence-corrected chi connectivity index (χ2v) is 7.68. The van der Waals surface area contributed by atoms with Gasteiger partial charge in [0.05, 0.1) is 16.8 Å². The maximum absolute atomic E-state index is 12.7. The Morgan fingerprint density at radius 3 is 2.68 bits per heavy atom. The third-order valence-corrected chi connectivity index (χ3v) is 5.07. The third-order valence-electron chi connectivity index (χ3n) is 5.07. The zero-order valence-corrected chi connectivity index (χ0v) is 19.6. The summed E-state index contributed by atoms with van der Waals surface area (Å²) in [5.74, 6) is -0.500. The van der Waals surface area contributed by atoms with Gasteiger partial charge in [-0.2, -0.15) is 19.0 Å². The Labute approximate surface area is 208 Å². The van der Waals surface area contributed by atoms with Gasteiger partial charge in [-0.15, -0.1) is 0 Å². The first-order valence-corrected chi connectivity index (χ1v) is 10.8. The van der Waals surface area contributed by atoms with Crippen molar-refractivity contribution in [1.82, 2.24) is 14.8 Å². The highest BCUT2D eigenvalue weighted by Gasteiger charge is 2.20. The van der Waals surface area contributed by atoms with Crippen molar-refractivity contribution < 1.29 is 31.8 Å². The number of allylic oxidation sites excluding steroid dienone is 2. The van der Waals surface area contributed by atoms with E-state index in [9.17, 15) is 22.4 Å². The Morgan fingerprint density at radius 2 is 2.00 bits per heavy atom. The number of fused-ring (bicyclic) bond motifs is 1. The molecule has 3 aromatic rings. The smallest absolute Gasteiger partial charge is 0.388 e. The summed E-state index contributed by atoms with van der Waals surface area (Å²) in [4.78, 5) is 20.1. The number of anilines is 1. The van der Waals surface area contributed by atoms with Crippen molar-refractivity contribution in [3.05, 3.63) is 66.1 Å². The van der Waals surface area contributed by atoms with E-state index in [2.05, 4.69) is 24.9 Å². The van der Waals surface area contributed by atoms with Gasteiger partial charge in [0.15, 0.2) is 12.9 Å². The summed E-state index contributed by atoms with van der Waals surface area (Å²) >= 11 is 0. The zero-order chi connectivity index (χ0) is 26.5. The number of halogens is 4. The summed E-state index contributed by atoms with van der Waals surface area (Å²) < 4.78 is 61.2. The highest BCUT2D eigenvalue weighted by molar-refractivity contribution is 6.25. The molecule has 37 heavy (non-hydrogen) atoms. The normalized spacial score (nSPS) is 15.9. The van der Waals surface area contributed by atoms with Crippen molar-refractivity contribution in [2.75, 3.05) is 18.7 Å². The number of benzene rings is 1. The van der Waals surface area contributed by atoms with Crippen LogP contribution >= 0.6 is 0 Å². The van der Waals surface area contributed by atoms with Crippen LogP contribution in [0, 0.1) is 0 Å². The molecule has 1 aliphatic rings. The van der Waals surface area contributed by atoms with Crippen molar-refractivity contribution in [3.8, 4) is 5.88 Å². The number of aldehydes is 1. The average molecular weight is 516 g/mol. The summed E-state index contributed by atoms with van der Waals surface area (Å²) in [5.41, 5.74) is 1.92. The Morgan fingerprint density at radius 1 is 1.19 bits per heavy atom. The van der Waals surface area contributed by atoms with Crippen molar-refractivity contribution >= 4 is 40.1 Å². The van der Waals surface area contributed by atoms with E-state index < -0.39 is 19.6 Å². The quantitative estimate of drug-likeness (QED) is 0.193. The third kappa shape index (κ3) is 6.18. The topological polar surface area (TPSA) is 94.2 Å². The zero-order valence-electron chi connectivity index (χ0n) is 19.6. The number of pyridine rings is 1. The van der Waals surface area contributed by atoms with Gasteiger partial charge >= 0.3 is 6.61 Å². The number of aromatic nitrogens is 3. The minimum Gasteiger partial charge on any atom is -0.472 e. The van der Waals surface area contributed by atoms with Crippen LogP contribution in [0.1, 0.15) is 5.56 Å². The minimum atomic E-state index is -3.06. The number of hydrazone groups is 1. The lowest BCUT2D eigenvalue weighted by molar-refractivity contribution is -0.103. The van der Waals surface area contributed by atoms with Gasteiger partial charge in [-0.3, -0.25) is 14.5 Å². The molecule has 0 spiro atoms. The number of hydrogen-bond donors (Lipinski definition) is 0. The van der Waals surface area contributed by atoms with E-state index in [0.717, 1.165) is 23.2 Å². The molecule has 0 atom stereocenters. The minimum absolute atomic E-state index is 0.0143. The number of hydrogen-bond acceptors (Lipinski definition) is 8. The molecule has 0 saturated heterocycles. The van der Waals surface area contributed by atoms with E-state index >= 15 is 0 Å². The lowest BCUT2D eigenvalue weighted by Crippen LogP contribution is -2.19. The van der Waals surface area contributed by atoms with E-state index in [-0.39, 0.29) is 34.3 Å². The average Bonchev–Trinajstić information content (AvgIpc) is 3.24. The molecule has 192 valence electrons. The maximum Gasteiger partial charge on any atom is 0.388 e. The summed E-state index contributed by atoms with van der Waals surface area (Å²) in [6.45, 7) is -3.96. The van der Waals surface area contributed by atoms with Crippen LogP contribution in [-0.4, -0.2) is 59.4 Å². The van der Waals surface area contributed by atoms with Gasteiger partial charge in [-0.05, 0) is 30.3 Å². The van der Waals surface area contributed by atoms with Crippen molar-refractivity contribution in [1.29, 1.82) is 0 Å². The molecule has 9 nitrogen and oxygen atoms in total. The first-order valence-electron chi connectivity index (χ1n) is 10.8. The standard InChI is InChI=1S/C24H20F4N6O3/c1-33-11-15-9-16(4-5-18(15)31-33)34(2)32-19-6-8-22(36-13-20(25)26)30-23(19)17(12-35)14-3-7-21(29-10-14)37-24(27)28/h3-12,20,24H,13H2,1-2H3/b23-17-,32-19-. The molecule has 0 unspecified atom stereocenters. The highest BCUT2D eigenvalue weighted by atomic mass is 19.3. The fourth-order valence-corrected chi connectivity index (χ4v) is 3.46. The summed E-state index contributed by atoms with van der Waals surface area (Å²) in [5, 5.41) is 11.3. The summed E-state index contributed by atoms with van der Waals surface area (Å²) in [6.07, 6.45) is 3.56. The molecule has 0 amide bonds. The number of aryl methyl sites for hydroxylation is 1. The Hall–Kier alpha value is -4.55. The number of rotatable bonds is 8. The van der Waals surface area contributed by atoms with E-state index in [1.54, 1.807) is 23.8 Å². The molecule has 3 heterocycles. The molecule has 0 bridgehead atoms. The van der Waals surface area contributed by atoms with Gasteiger partial charge in [-0.25, -0.2) is 18.8 Å². The fraction of sp³-hybridized carbons (Fsp3) is 0.208. The van der Waals surface area contributed by atoms with E-state index in [4.69, 9.17) is 4.74 Å². The molecule has 4 rings (SSSR count). The van der Waals surface area contributed by atoms with Crippen LogP contribution in [0.5, 0.6) is 5.88 Å². The number of carbonyl (C=O) groups excluding carboxylic acids is 1. The van der Waals surface area contributed by atoms with Gasteiger partial charge in [0.25, 0.3) is 6.43 Å². The molecule has 13 heteroatoms. The summed E-state index contributed by atoms with van der Waals surface area (Å²) in [6, 6.07) is 8.01. The van der Waals surface area contributed by atoms with E-state index in [1.165, 1.54) is 18.2 Å². The van der Waals surface area contributed by atoms with Crippen LogP contribution in [0.25, 0.3) is 16.5 Å². The Balaban J connectivity index is 1.74. The molecule has 0 saturated carbocycles. The van der Waals surface area contributed by atoms with Crippen LogP contribution in [0.2, 0.25) is 0 Å². The summed E-state index contributed by atoms with van der Waals surface area (Å²) in [7, 11) is 3.49. The number of ether oxygens (including phenoxy) is 2. The lowest BCUT2D eigenvalue weighted by Gasteiger charge is -2.18. The van der Waals surface area contributed by atoms with Gasteiger partial charge in [0.2, 0.25) is 11.8 Å². The second kappa shape index (κ2) is 11.0. The van der Waals surface area contributed by atoms with Crippen molar-refractivity contribution in [2.45, 2.75) is 13.0 Å². The van der Waals surface area contributed by atoms with Crippen molar-refractivity contribution in [3.63, 3.8) is 0 Å². The molecule has 0 fully saturated rings. The predicted molar refractivity (Wildman–Crippen MR) is 129 cm³/mol. The Bertz CT molecular complexity index is 1410. The number of aliphatic imine (C=N–C) groups is 1. The first kappa shape index (κ1) is 25.5. The second-order valence-electron chi connectivity index (χ2n) is 7.68. The number of carbonyl (C=O) groups is 1. The number of nitrogens with zero attached hydrogens (tertiary/aromatic N) is 6. The van der Waals surface area contributed by atoms with Crippen LogP contribution < -0.4 is 9.75 Å². The van der Waals surface area contributed by atoms with Crippen LogP contribution in [-0.2, 0) is 16.6 Å². The SMILES string of the molecule is CN(/N=C1/C=CC(OCC(F)F)=N/C1=C(/C=O)c1ccc(OC(F)F)nc1)c1ccc2nn(C)cc2c1. The van der Waals surface area contributed by atoms with Crippen molar-refractivity contribution in [2.24, 2.45) is 17.1 Å². The van der Waals surface area contributed by atoms with Crippen LogP contribution in [0.4, 0.5) is 23.2 Å². The highest BCUT2D eigenvalue weighted by Crippen LogP contribution is 2.26. The van der Waals surface area contributed by atoms with Crippen LogP contribution in [0.3, 0.4) is 0 Å². The number of dihydropyridines is 1. The lowest BCUT2D eigenvalue weighted by atomic mass is 10.0. The van der Waals surface area contributed by atoms with E-state index in [0.29, 0.717) is 12.0 Å².